The highest BCUT2D eigenvalue weighted by molar-refractivity contribution is 4.88. The van der Waals surface area contributed by atoms with Gasteiger partial charge in [0, 0.05) is 0 Å². The van der Waals surface area contributed by atoms with E-state index in [-0.39, 0.29) is 18.5 Å². The minimum absolute atomic E-state index is 0.0269. The summed E-state index contributed by atoms with van der Waals surface area (Å²) in [6.45, 7) is 0.678. The van der Waals surface area contributed by atoms with E-state index in [9.17, 15) is 0 Å². The maximum absolute atomic E-state index is 8.96. The van der Waals surface area contributed by atoms with Crippen molar-refractivity contribution in [3.63, 3.8) is 0 Å². The van der Waals surface area contributed by atoms with Gasteiger partial charge in [-0.15, -0.1) is 0 Å². The Bertz CT molecular complexity index is 133. The molecular weight excluding hydrogens is 132 g/mol. The van der Waals surface area contributed by atoms with Gasteiger partial charge in [-0.05, 0) is 19.3 Å². The summed E-state index contributed by atoms with van der Waals surface area (Å²) in [5, 5.41) is 8.96. The molecule has 2 heterocycles. The summed E-state index contributed by atoms with van der Waals surface area (Å²) in [7, 11) is 0. The molecule has 2 fully saturated rings. The quantitative estimate of drug-likeness (QED) is 0.574. The molecule has 2 aliphatic heterocycles. The zero-order chi connectivity index (χ0) is 7.03. The van der Waals surface area contributed by atoms with E-state index in [0.717, 1.165) is 19.3 Å². The molecule has 0 aromatic heterocycles. The zero-order valence-electron chi connectivity index (χ0n) is 5.88. The molecule has 0 aromatic rings. The van der Waals surface area contributed by atoms with Gasteiger partial charge in [-0.3, -0.25) is 0 Å². The van der Waals surface area contributed by atoms with E-state index < -0.39 is 0 Å². The highest BCUT2D eigenvalue weighted by atomic mass is 16.7. The highest BCUT2D eigenvalue weighted by Gasteiger charge is 2.43. The molecule has 0 aromatic carbocycles. The van der Waals surface area contributed by atoms with Crippen LogP contribution in [0.4, 0.5) is 0 Å². The molecule has 2 unspecified atom stereocenters. The minimum Gasteiger partial charge on any atom is -0.393 e. The number of aliphatic hydroxyl groups excluding tert-OH is 1. The molecule has 2 atom stereocenters. The molecule has 3 heteroatoms. The van der Waals surface area contributed by atoms with E-state index in [1.807, 2.05) is 0 Å². The Labute approximate surface area is 59.9 Å². The summed E-state index contributed by atoms with van der Waals surface area (Å²) in [6, 6.07) is 0. The first-order valence-corrected chi connectivity index (χ1v) is 3.75. The molecule has 2 bridgehead atoms. The number of rotatable bonds is 1. The van der Waals surface area contributed by atoms with Crippen LogP contribution < -0.4 is 0 Å². The maximum Gasteiger partial charge on any atom is 0.158 e. The average molecular weight is 144 g/mol. The normalized spacial score (nSPS) is 45.9. The van der Waals surface area contributed by atoms with Crippen LogP contribution in [0, 0.1) is 0 Å². The lowest BCUT2D eigenvalue weighted by Crippen LogP contribution is -2.38. The standard InChI is InChI=1S/C7H12O3/c8-4-7-3-1-2-6(10-7)9-5-7/h6,8H,1-5H2. The predicted octanol–water partition coefficient (Wildman–Crippen LogP) is 0.274. The Kier molecular flexibility index (Phi) is 1.44. The van der Waals surface area contributed by atoms with Gasteiger partial charge in [0.25, 0.3) is 0 Å². The monoisotopic (exact) mass is 144 g/mol. The Morgan fingerprint density at radius 2 is 2.50 bits per heavy atom. The van der Waals surface area contributed by atoms with E-state index in [1.54, 1.807) is 0 Å². The van der Waals surface area contributed by atoms with Gasteiger partial charge in [0.15, 0.2) is 6.29 Å². The molecule has 0 amide bonds. The average Bonchev–Trinajstić information content (AvgIpc) is 2.29. The number of hydrogen-bond donors (Lipinski definition) is 1. The van der Waals surface area contributed by atoms with Crippen molar-refractivity contribution < 1.29 is 14.6 Å². The molecule has 3 nitrogen and oxygen atoms in total. The lowest BCUT2D eigenvalue weighted by Gasteiger charge is -2.28. The van der Waals surface area contributed by atoms with Gasteiger partial charge < -0.3 is 14.6 Å². The lowest BCUT2D eigenvalue weighted by atomic mass is 9.97. The summed E-state index contributed by atoms with van der Waals surface area (Å²) < 4.78 is 10.8. The van der Waals surface area contributed by atoms with E-state index in [1.165, 1.54) is 0 Å². The summed E-state index contributed by atoms with van der Waals surface area (Å²) >= 11 is 0. The van der Waals surface area contributed by atoms with Crippen molar-refractivity contribution in [2.45, 2.75) is 31.2 Å². The smallest absolute Gasteiger partial charge is 0.158 e. The third-order valence-corrected chi connectivity index (χ3v) is 2.27. The van der Waals surface area contributed by atoms with Crippen molar-refractivity contribution in [2.24, 2.45) is 0 Å². The van der Waals surface area contributed by atoms with Crippen molar-refractivity contribution >= 4 is 0 Å². The van der Waals surface area contributed by atoms with Gasteiger partial charge in [-0.2, -0.15) is 0 Å². The van der Waals surface area contributed by atoms with Crippen molar-refractivity contribution in [3.05, 3.63) is 0 Å². The molecule has 58 valence electrons. The number of aliphatic hydroxyl groups is 1. The summed E-state index contributed by atoms with van der Waals surface area (Å²) in [5.74, 6) is 0. The largest absolute Gasteiger partial charge is 0.393 e. The molecule has 2 aliphatic rings. The molecular formula is C7H12O3. The molecule has 0 spiro atoms. The zero-order valence-corrected chi connectivity index (χ0v) is 5.88. The second kappa shape index (κ2) is 2.19. The van der Waals surface area contributed by atoms with Crippen LogP contribution in [0.15, 0.2) is 0 Å². The summed E-state index contributed by atoms with van der Waals surface area (Å²) in [4.78, 5) is 0. The fourth-order valence-corrected chi connectivity index (χ4v) is 1.62. The van der Waals surface area contributed by atoms with Crippen LogP contribution in [-0.4, -0.2) is 30.2 Å². The van der Waals surface area contributed by atoms with Gasteiger partial charge >= 0.3 is 0 Å². The fraction of sp³-hybridized carbons (Fsp3) is 1.00. The van der Waals surface area contributed by atoms with Crippen LogP contribution in [0.2, 0.25) is 0 Å². The molecule has 10 heavy (non-hydrogen) atoms. The molecule has 0 aliphatic carbocycles. The Morgan fingerprint density at radius 3 is 3.20 bits per heavy atom. The van der Waals surface area contributed by atoms with Gasteiger partial charge in [-0.1, -0.05) is 0 Å². The topological polar surface area (TPSA) is 38.7 Å². The van der Waals surface area contributed by atoms with Gasteiger partial charge in [0.2, 0.25) is 0 Å². The van der Waals surface area contributed by atoms with Crippen LogP contribution in [0.3, 0.4) is 0 Å². The van der Waals surface area contributed by atoms with Crippen molar-refractivity contribution in [3.8, 4) is 0 Å². The Morgan fingerprint density at radius 1 is 1.60 bits per heavy atom. The maximum atomic E-state index is 8.96. The van der Waals surface area contributed by atoms with Crippen LogP contribution in [0.5, 0.6) is 0 Å². The predicted molar refractivity (Wildman–Crippen MR) is 34.5 cm³/mol. The van der Waals surface area contributed by atoms with Gasteiger partial charge in [0.1, 0.15) is 5.60 Å². The number of ether oxygens (including phenoxy) is 2. The first-order valence-electron chi connectivity index (χ1n) is 3.75. The van der Waals surface area contributed by atoms with Crippen LogP contribution in [-0.2, 0) is 9.47 Å². The second-order valence-corrected chi connectivity index (χ2v) is 3.09. The minimum atomic E-state index is -0.330. The lowest BCUT2D eigenvalue weighted by molar-refractivity contribution is -0.133. The molecule has 2 saturated heterocycles. The van der Waals surface area contributed by atoms with E-state index in [2.05, 4.69) is 0 Å². The third kappa shape index (κ3) is 0.856. The van der Waals surface area contributed by atoms with Crippen LogP contribution >= 0.6 is 0 Å². The molecule has 1 N–H and O–H groups in total. The molecule has 2 rings (SSSR count). The van der Waals surface area contributed by atoms with E-state index in [0.29, 0.717) is 6.61 Å². The number of fused-ring (bicyclic) bond motifs is 2. The summed E-state index contributed by atoms with van der Waals surface area (Å²) in [5.41, 5.74) is -0.330. The van der Waals surface area contributed by atoms with Crippen LogP contribution in [0.1, 0.15) is 19.3 Å². The number of hydrogen-bond acceptors (Lipinski definition) is 3. The SMILES string of the molecule is OCC12CCCC(OC1)O2. The van der Waals surface area contributed by atoms with E-state index in [4.69, 9.17) is 14.6 Å². The second-order valence-electron chi connectivity index (χ2n) is 3.09. The molecule has 0 saturated carbocycles. The Balaban J connectivity index is 2.10. The fourth-order valence-electron chi connectivity index (χ4n) is 1.62. The van der Waals surface area contributed by atoms with Gasteiger partial charge in [0.05, 0.1) is 13.2 Å². The Hall–Kier alpha value is -0.120. The highest BCUT2D eigenvalue weighted by Crippen LogP contribution is 2.35. The van der Waals surface area contributed by atoms with Crippen molar-refractivity contribution in [1.82, 2.24) is 0 Å². The van der Waals surface area contributed by atoms with Crippen molar-refractivity contribution in [1.29, 1.82) is 0 Å². The first-order chi connectivity index (χ1) is 4.85. The van der Waals surface area contributed by atoms with Crippen LogP contribution in [0.25, 0.3) is 0 Å². The van der Waals surface area contributed by atoms with E-state index >= 15 is 0 Å². The van der Waals surface area contributed by atoms with Gasteiger partial charge in [-0.25, -0.2) is 0 Å². The molecule has 0 radical (unpaired) electrons. The first kappa shape index (κ1) is 6.58. The van der Waals surface area contributed by atoms with Crippen molar-refractivity contribution in [2.75, 3.05) is 13.2 Å². The third-order valence-electron chi connectivity index (χ3n) is 2.27. The summed E-state index contributed by atoms with van der Waals surface area (Å²) in [6.07, 6.45) is 3.02.